The van der Waals surface area contributed by atoms with E-state index in [1.165, 1.54) is 5.56 Å². The fourth-order valence-electron chi connectivity index (χ4n) is 2.37. The van der Waals surface area contributed by atoms with Crippen LogP contribution in [-0.2, 0) is 0 Å². The highest BCUT2D eigenvalue weighted by Gasteiger charge is 2.20. The molecular formula is C16H19ClN2O. The number of methoxy groups -OCH3 is 1. The monoisotopic (exact) mass is 290 g/mol. The third kappa shape index (κ3) is 2.66. The Morgan fingerprint density at radius 2 is 1.80 bits per heavy atom. The molecule has 1 atom stereocenters. The number of nitrogens with two attached hydrogens (primary N) is 1. The van der Waals surface area contributed by atoms with E-state index >= 15 is 0 Å². The maximum Gasteiger partial charge on any atom is 0.127 e. The number of hydrogen-bond acceptors (Lipinski definition) is 3. The maximum atomic E-state index is 6.28. The lowest BCUT2D eigenvalue weighted by molar-refractivity contribution is 0.401. The molecule has 0 aliphatic carbocycles. The van der Waals surface area contributed by atoms with Gasteiger partial charge in [0.25, 0.3) is 0 Å². The van der Waals surface area contributed by atoms with E-state index in [2.05, 4.69) is 18.4 Å². The van der Waals surface area contributed by atoms with Gasteiger partial charge in [-0.15, -0.1) is 0 Å². The Balaban J connectivity index is 2.59. The SMILES string of the molecule is COc1c(C(NN)c2ccccc2Cl)ccc(C)c1C. The molecule has 0 amide bonds. The molecule has 20 heavy (non-hydrogen) atoms. The van der Waals surface area contributed by atoms with Gasteiger partial charge in [-0.05, 0) is 36.6 Å². The molecule has 2 rings (SSSR count). The van der Waals surface area contributed by atoms with Crippen molar-refractivity contribution in [1.82, 2.24) is 5.43 Å². The summed E-state index contributed by atoms with van der Waals surface area (Å²) in [5, 5.41) is 0.677. The van der Waals surface area contributed by atoms with Crippen LogP contribution in [0.5, 0.6) is 5.75 Å². The standard InChI is InChI=1S/C16H19ClN2O/c1-10-8-9-13(16(20-3)11(10)2)15(19-18)12-6-4-5-7-14(12)17/h4-9,15,19H,18H2,1-3H3. The summed E-state index contributed by atoms with van der Waals surface area (Å²) < 4.78 is 5.56. The van der Waals surface area contributed by atoms with Crippen LogP contribution in [0.1, 0.15) is 28.3 Å². The van der Waals surface area contributed by atoms with Gasteiger partial charge in [-0.2, -0.15) is 0 Å². The predicted octanol–water partition coefficient (Wildman–Crippen LogP) is 3.52. The van der Waals surface area contributed by atoms with Crippen LogP contribution < -0.4 is 16.0 Å². The minimum atomic E-state index is -0.210. The molecule has 0 aromatic heterocycles. The fraction of sp³-hybridized carbons (Fsp3) is 0.250. The number of aryl methyl sites for hydroxylation is 1. The quantitative estimate of drug-likeness (QED) is 0.669. The Bertz CT molecular complexity index is 613. The number of ether oxygens (including phenoxy) is 1. The number of rotatable bonds is 4. The molecule has 0 saturated heterocycles. The number of halogens is 1. The van der Waals surface area contributed by atoms with Crippen molar-refractivity contribution in [2.45, 2.75) is 19.9 Å². The van der Waals surface area contributed by atoms with Crippen LogP contribution in [0.3, 0.4) is 0 Å². The van der Waals surface area contributed by atoms with E-state index in [-0.39, 0.29) is 6.04 Å². The van der Waals surface area contributed by atoms with Gasteiger partial charge in [0.05, 0.1) is 13.2 Å². The van der Waals surface area contributed by atoms with Crippen molar-refractivity contribution < 1.29 is 4.74 Å². The Hall–Kier alpha value is -1.55. The molecule has 2 aromatic rings. The fourth-order valence-corrected chi connectivity index (χ4v) is 2.61. The van der Waals surface area contributed by atoms with E-state index in [9.17, 15) is 0 Å². The summed E-state index contributed by atoms with van der Waals surface area (Å²) in [7, 11) is 1.67. The van der Waals surface area contributed by atoms with Gasteiger partial charge >= 0.3 is 0 Å². The second-order valence-corrected chi connectivity index (χ2v) is 5.16. The second-order valence-electron chi connectivity index (χ2n) is 4.75. The second kappa shape index (κ2) is 6.27. The van der Waals surface area contributed by atoms with Gasteiger partial charge in [-0.1, -0.05) is 41.9 Å². The summed E-state index contributed by atoms with van der Waals surface area (Å²) in [5.41, 5.74) is 7.03. The first kappa shape index (κ1) is 14.9. The van der Waals surface area contributed by atoms with Crippen molar-refractivity contribution in [3.63, 3.8) is 0 Å². The molecule has 0 saturated carbocycles. The molecule has 106 valence electrons. The van der Waals surface area contributed by atoms with Crippen LogP contribution in [0, 0.1) is 13.8 Å². The van der Waals surface area contributed by atoms with Crippen LogP contribution in [0.4, 0.5) is 0 Å². The van der Waals surface area contributed by atoms with Crippen molar-refractivity contribution in [2.75, 3.05) is 7.11 Å². The summed E-state index contributed by atoms with van der Waals surface area (Å²) in [6, 6.07) is 11.5. The van der Waals surface area contributed by atoms with Crippen LogP contribution >= 0.6 is 11.6 Å². The first-order valence-corrected chi connectivity index (χ1v) is 6.82. The predicted molar refractivity (Wildman–Crippen MR) is 83.1 cm³/mol. The van der Waals surface area contributed by atoms with E-state index in [0.717, 1.165) is 22.4 Å². The highest BCUT2D eigenvalue weighted by molar-refractivity contribution is 6.31. The summed E-state index contributed by atoms with van der Waals surface area (Å²) in [6.07, 6.45) is 0. The third-order valence-corrected chi connectivity index (χ3v) is 3.95. The van der Waals surface area contributed by atoms with Gasteiger partial charge in [0.2, 0.25) is 0 Å². The molecule has 3 nitrogen and oxygen atoms in total. The summed E-state index contributed by atoms with van der Waals surface area (Å²) in [5.74, 6) is 6.59. The molecule has 0 fully saturated rings. The summed E-state index contributed by atoms with van der Waals surface area (Å²) in [4.78, 5) is 0. The van der Waals surface area contributed by atoms with Crippen LogP contribution in [0.2, 0.25) is 5.02 Å². The van der Waals surface area contributed by atoms with E-state index in [4.69, 9.17) is 22.2 Å². The summed E-state index contributed by atoms with van der Waals surface area (Å²) in [6.45, 7) is 4.10. The average Bonchev–Trinajstić information content (AvgIpc) is 2.45. The number of hydrogen-bond donors (Lipinski definition) is 2. The molecular weight excluding hydrogens is 272 g/mol. The normalized spacial score (nSPS) is 12.2. The van der Waals surface area contributed by atoms with Crippen molar-refractivity contribution in [1.29, 1.82) is 0 Å². The Morgan fingerprint density at radius 1 is 1.10 bits per heavy atom. The molecule has 0 spiro atoms. The Morgan fingerprint density at radius 3 is 2.40 bits per heavy atom. The lowest BCUT2D eigenvalue weighted by Crippen LogP contribution is -2.29. The molecule has 0 aliphatic heterocycles. The van der Waals surface area contributed by atoms with Crippen LogP contribution in [0.15, 0.2) is 36.4 Å². The highest BCUT2D eigenvalue weighted by atomic mass is 35.5. The molecule has 0 aliphatic rings. The largest absolute Gasteiger partial charge is 0.496 e. The lowest BCUT2D eigenvalue weighted by atomic mass is 9.94. The maximum absolute atomic E-state index is 6.28. The van der Waals surface area contributed by atoms with Crippen molar-refractivity contribution in [2.24, 2.45) is 5.84 Å². The molecule has 4 heteroatoms. The van der Waals surface area contributed by atoms with Gasteiger partial charge in [-0.25, -0.2) is 5.43 Å². The van der Waals surface area contributed by atoms with E-state index in [1.54, 1.807) is 7.11 Å². The molecule has 1 unspecified atom stereocenters. The molecule has 0 heterocycles. The van der Waals surface area contributed by atoms with Gasteiger partial charge in [0, 0.05) is 10.6 Å². The molecule has 0 bridgehead atoms. The number of benzene rings is 2. The van der Waals surface area contributed by atoms with Crippen molar-refractivity contribution in [3.8, 4) is 5.75 Å². The van der Waals surface area contributed by atoms with Gasteiger partial charge in [-0.3, -0.25) is 5.84 Å². The zero-order valence-electron chi connectivity index (χ0n) is 11.9. The van der Waals surface area contributed by atoms with E-state index in [0.29, 0.717) is 5.02 Å². The van der Waals surface area contributed by atoms with Crippen LogP contribution in [-0.4, -0.2) is 7.11 Å². The van der Waals surface area contributed by atoms with Gasteiger partial charge in [0.1, 0.15) is 5.75 Å². The van der Waals surface area contributed by atoms with E-state index in [1.807, 2.05) is 37.3 Å². The number of nitrogens with one attached hydrogen (secondary N) is 1. The third-order valence-electron chi connectivity index (χ3n) is 3.61. The number of hydrazine groups is 1. The van der Waals surface area contributed by atoms with Crippen molar-refractivity contribution >= 4 is 11.6 Å². The summed E-state index contributed by atoms with van der Waals surface area (Å²) >= 11 is 6.28. The topological polar surface area (TPSA) is 47.3 Å². The zero-order chi connectivity index (χ0) is 14.7. The minimum absolute atomic E-state index is 0.210. The average molecular weight is 291 g/mol. The molecule has 3 N–H and O–H groups in total. The Labute approximate surface area is 124 Å². The highest BCUT2D eigenvalue weighted by Crippen LogP contribution is 2.35. The first-order valence-electron chi connectivity index (χ1n) is 6.44. The zero-order valence-corrected chi connectivity index (χ0v) is 12.7. The Kier molecular flexibility index (Phi) is 4.65. The first-order chi connectivity index (χ1) is 9.60. The lowest BCUT2D eigenvalue weighted by Gasteiger charge is -2.22. The van der Waals surface area contributed by atoms with Crippen molar-refractivity contribution in [3.05, 3.63) is 63.7 Å². The van der Waals surface area contributed by atoms with E-state index < -0.39 is 0 Å². The molecule has 2 aromatic carbocycles. The van der Waals surface area contributed by atoms with Crippen LogP contribution in [0.25, 0.3) is 0 Å². The molecule has 0 radical (unpaired) electrons. The van der Waals surface area contributed by atoms with Gasteiger partial charge < -0.3 is 4.74 Å². The smallest absolute Gasteiger partial charge is 0.127 e. The minimum Gasteiger partial charge on any atom is -0.496 e. The van der Waals surface area contributed by atoms with Gasteiger partial charge in [0.15, 0.2) is 0 Å².